The Kier molecular flexibility index (Phi) is 20.2. The van der Waals surface area contributed by atoms with Crippen LogP contribution < -0.4 is 0 Å². The van der Waals surface area contributed by atoms with Gasteiger partial charge in [-0.25, -0.2) is 69.8 Å². The van der Waals surface area contributed by atoms with E-state index in [-0.39, 0.29) is 28.5 Å². The van der Waals surface area contributed by atoms with Gasteiger partial charge in [-0.1, -0.05) is 223 Å². The first-order valence-electron chi connectivity index (χ1n) is 29.4. The molecule has 0 atom stereocenters. The average Bonchev–Trinajstić information content (AvgIpc) is 1.65. The van der Waals surface area contributed by atoms with Gasteiger partial charge in [0, 0.05) is 53.1 Å². The topological polar surface area (TPSA) is 219 Å². The van der Waals surface area contributed by atoms with Gasteiger partial charge < -0.3 is 19.8 Å². The molecule has 7 aromatic heterocycles. The largest absolute Gasteiger partial charge is 0.321 e. The molecule has 0 saturated heterocycles. The number of fused-ring (bicyclic) bond motifs is 20. The molecule has 8 bridgehead atoms. The summed E-state index contributed by atoms with van der Waals surface area (Å²) in [6, 6.07) is 0. The van der Waals surface area contributed by atoms with Crippen molar-refractivity contribution < 1.29 is 0 Å². The highest BCUT2D eigenvalue weighted by Gasteiger charge is 2.34. The molecular formula is C60H84N18S8. The number of thioether (sulfide) groups is 8. The van der Waals surface area contributed by atoms with Crippen LogP contribution in [0.1, 0.15) is 152 Å². The second-order valence-corrected chi connectivity index (χ2v) is 39.8. The summed E-state index contributed by atoms with van der Waals surface area (Å²) < 4.78 is -1.21. The molecule has 86 heavy (non-hydrogen) atoms. The van der Waals surface area contributed by atoms with Crippen LogP contribution in [-0.4, -0.2) is 169 Å². The van der Waals surface area contributed by atoms with Crippen molar-refractivity contribution >= 4 is 139 Å². The second-order valence-electron chi connectivity index (χ2n) is 26.8. The standard InChI is InChI=1S/C60H84N18S8/c1-23-77(24-2)27-29-79-47-48(80-30-28-78(25-3)26-4)62-32-31(61-47)39-69-40(32)71-42-34-36(66-52(84-58(14,15)16)50(64-34)82-56(8,9)10)44(73-42)75-46-38-37(67-53(85-59(17,18)19)54(68-38)86-60(20,21)22)45(76-46)74-43-35-33(41(70-39)72-43)63-49(81-55(5,6)7)51(65-35)83-57(11,12)13/h23-30H2,1-22H3,(H2,69,70,71,72,73,74,75,76). The van der Waals surface area contributed by atoms with Gasteiger partial charge in [0.15, 0.2) is 45.9 Å². The molecule has 9 rings (SSSR count). The minimum absolute atomic E-state index is 0.200. The summed E-state index contributed by atoms with van der Waals surface area (Å²) in [7, 11) is 0. The average molecular weight is 1310 g/mol. The lowest BCUT2D eigenvalue weighted by atomic mass is 10.3. The van der Waals surface area contributed by atoms with Crippen LogP contribution in [0, 0.1) is 0 Å². The van der Waals surface area contributed by atoms with Gasteiger partial charge in [-0.2, -0.15) is 0 Å². The van der Waals surface area contributed by atoms with E-state index in [9.17, 15) is 0 Å². The molecule has 26 heteroatoms. The van der Waals surface area contributed by atoms with Crippen LogP contribution in [0.4, 0.5) is 0 Å². The summed E-state index contributed by atoms with van der Waals surface area (Å²) in [6.45, 7) is 53.8. The third-order valence-corrected chi connectivity index (χ3v) is 21.3. The normalized spacial score (nSPS) is 13.5. The Morgan fingerprint density at radius 3 is 0.698 bits per heavy atom. The lowest BCUT2D eigenvalue weighted by Crippen LogP contribution is -2.25. The summed E-state index contributed by atoms with van der Waals surface area (Å²) in [5.74, 6) is 2.88. The molecule has 2 aliphatic heterocycles. The highest BCUT2D eigenvalue weighted by molar-refractivity contribution is 8.04. The highest BCUT2D eigenvalue weighted by Crippen LogP contribution is 2.48. The molecule has 0 fully saturated rings. The van der Waals surface area contributed by atoms with Gasteiger partial charge in [-0.15, -0.1) is 23.5 Å². The zero-order valence-electron chi connectivity index (χ0n) is 54.1. The van der Waals surface area contributed by atoms with Crippen LogP contribution in [0.25, 0.3) is 90.7 Å². The summed E-state index contributed by atoms with van der Waals surface area (Å²) >= 11 is 13.4. The summed E-state index contributed by atoms with van der Waals surface area (Å²) in [5, 5.41) is 6.32. The van der Waals surface area contributed by atoms with Crippen molar-refractivity contribution in [1.82, 2.24) is 89.5 Å². The SMILES string of the molecule is CCN(CC)CCSc1nc2c3nc4nc(nc5[nH]c(nc6nc(nc([nH]3)c2nc1SCCN(CC)CC)-c1nc(SC(C)(C)C)c(SC(C)(C)C)nc1-6)c1nc(SC(C)(C)C)c(SC(C)(C)C)nc51)-c1nc(SC(C)(C)C)c(SC(C)(C)C)nc1-4. The number of aromatic amines is 2. The van der Waals surface area contributed by atoms with E-state index < -0.39 is 0 Å². The van der Waals surface area contributed by atoms with Crippen molar-refractivity contribution in [2.75, 3.05) is 50.8 Å². The van der Waals surface area contributed by atoms with Gasteiger partial charge >= 0.3 is 0 Å². The molecule has 7 aromatic rings. The molecule has 462 valence electrons. The maximum absolute atomic E-state index is 5.53. The molecule has 0 spiro atoms. The van der Waals surface area contributed by atoms with Crippen molar-refractivity contribution in [3.8, 4) is 46.1 Å². The zero-order valence-corrected chi connectivity index (χ0v) is 60.6. The maximum Gasteiger partial charge on any atom is 0.184 e. The van der Waals surface area contributed by atoms with Gasteiger partial charge in [0.25, 0.3) is 0 Å². The predicted molar refractivity (Wildman–Crippen MR) is 369 cm³/mol. The van der Waals surface area contributed by atoms with E-state index in [1.54, 1.807) is 94.1 Å². The number of rotatable bonds is 18. The fourth-order valence-electron chi connectivity index (χ4n) is 8.78. The van der Waals surface area contributed by atoms with Crippen LogP contribution in [0.5, 0.6) is 0 Å². The molecule has 0 aromatic carbocycles. The van der Waals surface area contributed by atoms with Gasteiger partial charge in [-0.3, -0.25) is 0 Å². The zero-order chi connectivity index (χ0) is 62.6. The Morgan fingerprint density at radius 2 is 0.488 bits per heavy atom. The Balaban J connectivity index is 1.46. The molecule has 0 aliphatic carbocycles. The lowest BCUT2D eigenvalue weighted by molar-refractivity contribution is 0.323. The van der Waals surface area contributed by atoms with Crippen molar-refractivity contribution in [2.45, 2.75) is 221 Å². The Labute approximate surface area is 541 Å². The molecule has 0 radical (unpaired) electrons. The number of aromatic nitrogens is 16. The highest BCUT2D eigenvalue weighted by atomic mass is 32.2. The number of nitrogens with one attached hydrogen (secondary N) is 2. The van der Waals surface area contributed by atoms with Crippen LogP contribution in [0.3, 0.4) is 0 Å². The third-order valence-electron chi connectivity index (χ3n) is 12.3. The van der Waals surface area contributed by atoms with E-state index in [4.69, 9.17) is 69.8 Å². The summed E-state index contributed by atoms with van der Waals surface area (Å²) in [6.07, 6.45) is 0. The molecule has 0 saturated carbocycles. The second kappa shape index (κ2) is 25.9. The first-order valence-corrected chi connectivity index (χ1v) is 36.3. The Bertz CT molecular complexity index is 3590. The van der Waals surface area contributed by atoms with E-state index >= 15 is 0 Å². The fraction of sp³-hybridized carbons (Fsp3) is 0.600. The monoisotopic (exact) mass is 1310 g/mol. The predicted octanol–water partition coefficient (Wildman–Crippen LogP) is 16.2. The molecule has 9 heterocycles. The van der Waals surface area contributed by atoms with Crippen LogP contribution in [0.15, 0.2) is 40.2 Å². The number of hydrogen-bond acceptors (Lipinski definition) is 24. The van der Waals surface area contributed by atoms with Crippen molar-refractivity contribution in [3.05, 3.63) is 0 Å². The van der Waals surface area contributed by atoms with Gasteiger partial charge in [0.1, 0.15) is 85.1 Å². The first-order chi connectivity index (χ1) is 40.1. The maximum atomic E-state index is 5.53. The number of H-pyrrole nitrogens is 2. The van der Waals surface area contributed by atoms with Crippen LogP contribution in [-0.2, 0) is 0 Å². The molecule has 2 N–H and O–H groups in total. The Hall–Kier alpha value is -3.60. The molecule has 18 nitrogen and oxygen atoms in total. The van der Waals surface area contributed by atoms with Crippen LogP contribution in [0.2, 0.25) is 0 Å². The quantitative estimate of drug-likeness (QED) is 0.0763. The first kappa shape index (κ1) is 66.8. The van der Waals surface area contributed by atoms with E-state index in [1.807, 2.05) is 0 Å². The molecular weight excluding hydrogens is 1230 g/mol. The third kappa shape index (κ3) is 16.7. The van der Waals surface area contributed by atoms with E-state index in [0.29, 0.717) is 90.7 Å². The minimum atomic E-state index is -0.203. The summed E-state index contributed by atoms with van der Waals surface area (Å²) in [5.41, 5.74) is 5.61. The van der Waals surface area contributed by atoms with Crippen molar-refractivity contribution in [3.63, 3.8) is 0 Å². The van der Waals surface area contributed by atoms with E-state index in [1.165, 1.54) is 0 Å². The van der Waals surface area contributed by atoms with Gasteiger partial charge in [-0.05, 0) is 26.2 Å². The number of nitrogens with zero attached hydrogens (tertiary/aromatic N) is 16. The minimum Gasteiger partial charge on any atom is -0.321 e. The van der Waals surface area contributed by atoms with Gasteiger partial charge in [0.2, 0.25) is 0 Å². The molecule has 0 unspecified atom stereocenters. The Morgan fingerprint density at radius 1 is 0.279 bits per heavy atom. The smallest absolute Gasteiger partial charge is 0.184 e. The fourth-order valence-corrected chi connectivity index (χ4v) is 16.7. The van der Waals surface area contributed by atoms with E-state index in [0.717, 1.165) is 91.0 Å². The van der Waals surface area contributed by atoms with E-state index in [2.05, 4.69) is 172 Å². The van der Waals surface area contributed by atoms with Crippen molar-refractivity contribution in [2.24, 2.45) is 0 Å². The van der Waals surface area contributed by atoms with Crippen LogP contribution >= 0.6 is 94.1 Å². The molecule has 2 aliphatic rings. The lowest BCUT2D eigenvalue weighted by Gasteiger charge is -2.22. The molecule has 0 amide bonds. The van der Waals surface area contributed by atoms with Crippen molar-refractivity contribution in [1.29, 1.82) is 0 Å². The number of hydrogen-bond donors (Lipinski definition) is 2. The summed E-state index contributed by atoms with van der Waals surface area (Å²) in [4.78, 5) is 88.4. The van der Waals surface area contributed by atoms with Gasteiger partial charge in [0.05, 0.1) is 0 Å².